The molecule has 9 heteroatoms. The number of amides is 1. The third-order valence-electron chi connectivity index (χ3n) is 3.98. The number of hydrogen-bond donors (Lipinski definition) is 1. The summed E-state index contributed by atoms with van der Waals surface area (Å²) < 4.78 is 41.9. The minimum atomic E-state index is -3.82. The first-order valence-corrected chi connectivity index (χ1v) is 9.39. The zero-order valence-corrected chi connectivity index (χ0v) is 15.5. The SMILES string of the molecule is COc1ccc(S(=O)(=O)N(C)CC(=O)NC[C@@H]2CCCO2)cc1OC. The molecule has 0 aliphatic carbocycles. The molecule has 2 rings (SSSR count). The highest BCUT2D eigenvalue weighted by molar-refractivity contribution is 7.89. The van der Waals surface area contributed by atoms with Gasteiger partial charge in [0.1, 0.15) is 0 Å². The highest BCUT2D eigenvalue weighted by Gasteiger charge is 2.25. The van der Waals surface area contributed by atoms with Crippen molar-refractivity contribution >= 4 is 15.9 Å². The molecule has 1 N–H and O–H groups in total. The standard InChI is InChI=1S/C16H24N2O6S/c1-18(11-16(19)17-10-12-5-4-8-24-12)25(20,21)13-6-7-14(22-2)15(9-13)23-3/h6-7,9,12H,4-5,8,10-11H2,1-3H3,(H,17,19)/t12-/m0/s1. The van der Waals surface area contributed by atoms with Crippen molar-refractivity contribution in [2.24, 2.45) is 0 Å². The van der Waals surface area contributed by atoms with E-state index in [0.29, 0.717) is 24.7 Å². The second-order valence-electron chi connectivity index (χ2n) is 5.72. The number of benzene rings is 1. The normalized spacial score (nSPS) is 17.5. The van der Waals surface area contributed by atoms with Gasteiger partial charge in [0.05, 0.1) is 31.8 Å². The first-order valence-electron chi connectivity index (χ1n) is 7.95. The summed E-state index contributed by atoms with van der Waals surface area (Å²) in [6.45, 7) is 0.820. The van der Waals surface area contributed by atoms with Crippen LogP contribution in [-0.4, -0.2) is 65.7 Å². The van der Waals surface area contributed by atoms with E-state index < -0.39 is 10.0 Å². The maximum atomic E-state index is 12.6. The van der Waals surface area contributed by atoms with E-state index in [9.17, 15) is 13.2 Å². The molecule has 1 aromatic carbocycles. The monoisotopic (exact) mass is 372 g/mol. The van der Waals surface area contributed by atoms with Gasteiger partial charge in [-0.15, -0.1) is 0 Å². The van der Waals surface area contributed by atoms with Crippen molar-refractivity contribution in [1.29, 1.82) is 0 Å². The Morgan fingerprint density at radius 1 is 1.32 bits per heavy atom. The molecule has 1 aromatic rings. The Hall–Kier alpha value is -1.84. The molecule has 0 unspecified atom stereocenters. The van der Waals surface area contributed by atoms with Crippen LogP contribution in [-0.2, 0) is 19.6 Å². The Labute approximate surface area is 148 Å². The summed E-state index contributed by atoms with van der Waals surface area (Å²) in [5.74, 6) is 0.361. The lowest BCUT2D eigenvalue weighted by Crippen LogP contribution is -2.40. The quantitative estimate of drug-likeness (QED) is 0.719. The molecule has 1 heterocycles. The van der Waals surface area contributed by atoms with E-state index in [1.54, 1.807) is 0 Å². The van der Waals surface area contributed by atoms with Gasteiger partial charge in [0, 0.05) is 26.3 Å². The lowest BCUT2D eigenvalue weighted by molar-refractivity contribution is -0.121. The van der Waals surface area contributed by atoms with Crippen molar-refractivity contribution in [2.45, 2.75) is 23.8 Å². The van der Waals surface area contributed by atoms with Crippen LogP contribution >= 0.6 is 0 Å². The molecule has 1 fully saturated rings. The first-order chi connectivity index (χ1) is 11.9. The van der Waals surface area contributed by atoms with Crippen molar-refractivity contribution < 1.29 is 27.4 Å². The van der Waals surface area contributed by atoms with E-state index in [-0.39, 0.29) is 23.5 Å². The molecule has 1 atom stereocenters. The second kappa shape index (κ2) is 8.50. The predicted octanol–water partition coefficient (Wildman–Crippen LogP) is 0.620. The largest absolute Gasteiger partial charge is 0.493 e. The number of carbonyl (C=O) groups excluding carboxylic acids is 1. The van der Waals surface area contributed by atoms with Crippen molar-refractivity contribution in [2.75, 3.05) is 41.0 Å². The van der Waals surface area contributed by atoms with Crippen LogP contribution < -0.4 is 14.8 Å². The number of ether oxygens (including phenoxy) is 3. The average molecular weight is 372 g/mol. The topological polar surface area (TPSA) is 94.2 Å². The fourth-order valence-electron chi connectivity index (χ4n) is 2.53. The smallest absolute Gasteiger partial charge is 0.243 e. The Morgan fingerprint density at radius 2 is 2.04 bits per heavy atom. The minimum absolute atomic E-state index is 0.0108. The molecule has 0 saturated carbocycles. The van der Waals surface area contributed by atoms with E-state index in [4.69, 9.17) is 14.2 Å². The Kier molecular flexibility index (Phi) is 6.63. The van der Waals surface area contributed by atoms with Gasteiger partial charge in [0.2, 0.25) is 15.9 Å². The molecule has 1 amide bonds. The Balaban J connectivity index is 2.01. The van der Waals surface area contributed by atoms with Crippen molar-refractivity contribution in [3.05, 3.63) is 18.2 Å². The van der Waals surface area contributed by atoms with Gasteiger partial charge in [-0.05, 0) is 25.0 Å². The predicted molar refractivity (Wildman–Crippen MR) is 91.3 cm³/mol. The molecule has 1 aliphatic heterocycles. The molecule has 8 nitrogen and oxygen atoms in total. The molecule has 0 aromatic heterocycles. The van der Waals surface area contributed by atoms with Crippen LogP contribution in [0.2, 0.25) is 0 Å². The lowest BCUT2D eigenvalue weighted by atomic mass is 10.2. The maximum Gasteiger partial charge on any atom is 0.243 e. The number of carbonyl (C=O) groups is 1. The molecule has 1 aliphatic rings. The van der Waals surface area contributed by atoms with Gasteiger partial charge in [-0.1, -0.05) is 0 Å². The van der Waals surface area contributed by atoms with Crippen LogP contribution in [0.25, 0.3) is 0 Å². The van der Waals surface area contributed by atoms with Crippen LogP contribution in [0.1, 0.15) is 12.8 Å². The van der Waals surface area contributed by atoms with Crippen molar-refractivity contribution in [3.8, 4) is 11.5 Å². The molecule has 0 spiro atoms. The number of hydrogen-bond acceptors (Lipinski definition) is 6. The zero-order valence-electron chi connectivity index (χ0n) is 14.6. The van der Waals surface area contributed by atoms with Crippen LogP contribution in [0.5, 0.6) is 11.5 Å². The molecular formula is C16H24N2O6S. The number of sulfonamides is 1. The van der Waals surface area contributed by atoms with E-state index in [1.165, 1.54) is 39.5 Å². The first kappa shape index (κ1) is 19.5. The highest BCUT2D eigenvalue weighted by atomic mass is 32.2. The summed E-state index contributed by atoms with van der Waals surface area (Å²) in [5, 5.41) is 2.71. The van der Waals surface area contributed by atoms with Crippen LogP contribution in [0.4, 0.5) is 0 Å². The van der Waals surface area contributed by atoms with E-state index >= 15 is 0 Å². The van der Waals surface area contributed by atoms with Crippen LogP contribution in [0.15, 0.2) is 23.1 Å². The molecule has 0 bridgehead atoms. The Bertz CT molecular complexity index is 701. The number of nitrogens with zero attached hydrogens (tertiary/aromatic N) is 1. The molecule has 140 valence electrons. The zero-order chi connectivity index (χ0) is 18.4. The van der Waals surface area contributed by atoms with Gasteiger partial charge in [-0.3, -0.25) is 4.79 Å². The minimum Gasteiger partial charge on any atom is -0.493 e. The van der Waals surface area contributed by atoms with Gasteiger partial charge in [0.15, 0.2) is 11.5 Å². The van der Waals surface area contributed by atoms with Crippen molar-refractivity contribution in [1.82, 2.24) is 9.62 Å². The van der Waals surface area contributed by atoms with Crippen LogP contribution in [0, 0.1) is 0 Å². The fourth-order valence-corrected chi connectivity index (χ4v) is 3.68. The summed E-state index contributed by atoms with van der Waals surface area (Å²) in [7, 11) is 0.431. The second-order valence-corrected chi connectivity index (χ2v) is 7.76. The number of nitrogens with one attached hydrogen (secondary N) is 1. The fraction of sp³-hybridized carbons (Fsp3) is 0.562. The average Bonchev–Trinajstić information content (AvgIpc) is 3.12. The Morgan fingerprint density at radius 3 is 2.64 bits per heavy atom. The van der Waals surface area contributed by atoms with E-state index in [2.05, 4.69) is 5.32 Å². The summed E-state index contributed by atoms with van der Waals surface area (Å²) in [6, 6.07) is 4.30. The number of rotatable bonds is 8. The van der Waals surface area contributed by atoms with Gasteiger partial charge in [-0.2, -0.15) is 4.31 Å². The summed E-state index contributed by atoms with van der Waals surface area (Å²) in [4.78, 5) is 12.0. The van der Waals surface area contributed by atoms with Gasteiger partial charge in [0.25, 0.3) is 0 Å². The van der Waals surface area contributed by atoms with Crippen LogP contribution in [0.3, 0.4) is 0 Å². The number of likely N-dealkylation sites (N-methyl/N-ethyl adjacent to an activating group) is 1. The van der Waals surface area contributed by atoms with E-state index in [1.807, 2.05) is 0 Å². The molecule has 0 radical (unpaired) electrons. The maximum absolute atomic E-state index is 12.6. The molecular weight excluding hydrogens is 348 g/mol. The molecule has 1 saturated heterocycles. The molecule has 25 heavy (non-hydrogen) atoms. The lowest BCUT2D eigenvalue weighted by Gasteiger charge is -2.18. The summed E-state index contributed by atoms with van der Waals surface area (Å²) >= 11 is 0. The van der Waals surface area contributed by atoms with Crippen molar-refractivity contribution in [3.63, 3.8) is 0 Å². The van der Waals surface area contributed by atoms with E-state index in [0.717, 1.165) is 17.1 Å². The summed E-state index contributed by atoms with van der Waals surface area (Å²) in [6.07, 6.45) is 1.89. The highest BCUT2D eigenvalue weighted by Crippen LogP contribution is 2.30. The van der Waals surface area contributed by atoms with Gasteiger partial charge >= 0.3 is 0 Å². The van der Waals surface area contributed by atoms with Gasteiger partial charge < -0.3 is 19.5 Å². The number of methoxy groups -OCH3 is 2. The third-order valence-corrected chi connectivity index (χ3v) is 5.78. The third kappa shape index (κ3) is 4.83. The summed E-state index contributed by atoms with van der Waals surface area (Å²) in [5.41, 5.74) is 0. The van der Waals surface area contributed by atoms with Gasteiger partial charge in [-0.25, -0.2) is 8.42 Å².